The molecule has 29 heavy (non-hydrogen) atoms. The molecule has 2 aliphatic rings. The third kappa shape index (κ3) is 4.40. The second kappa shape index (κ2) is 8.87. The van der Waals surface area contributed by atoms with Crippen LogP contribution in [0.4, 0.5) is 0 Å². The first kappa shape index (κ1) is 19.8. The summed E-state index contributed by atoms with van der Waals surface area (Å²) in [7, 11) is 3.37. The van der Waals surface area contributed by atoms with Crippen LogP contribution >= 0.6 is 0 Å². The van der Waals surface area contributed by atoms with E-state index in [1.54, 1.807) is 14.2 Å². The van der Waals surface area contributed by atoms with Gasteiger partial charge < -0.3 is 19.6 Å². The maximum atomic E-state index is 5.64. The third-order valence-corrected chi connectivity index (χ3v) is 6.38. The van der Waals surface area contributed by atoms with Crippen molar-refractivity contribution in [3.63, 3.8) is 0 Å². The summed E-state index contributed by atoms with van der Waals surface area (Å²) in [5.41, 5.74) is 3.90. The van der Waals surface area contributed by atoms with Gasteiger partial charge in [0.2, 0.25) is 0 Å². The molecule has 1 aliphatic heterocycles. The third-order valence-electron chi connectivity index (χ3n) is 6.38. The Morgan fingerprint density at radius 2 is 1.83 bits per heavy atom. The van der Waals surface area contributed by atoms with Crippen LogP contribution < -0.4 is 14.8 Å². The van der Waals surface area contributed by atoms with Crippen LogP contribution in [0, 0.1) is 5.41 Å². The maximum Gasteiger partial charge on any atom is 0.160 e. The van der Waals surface area contributed by atoms with Crippen molar-refractivity contribution in [3.05, 3.63) is 59.7 Å². The van der Waals surface area contributed by atoms with Crippen molar-refractivity contribution in [1.29, 1.82) is 0 Å². The summed E-state index contributed by atoms with van der Waals surface area (Å²) >= 11 is 0. The van der Waals surface area contributed by atoms with Gasteiger partial charge in [0.05, 0.1) is 19.9 Å². The first-order valence-corrected chi connectivity index (χ1v) is 10.4. The number of hydrogen-bond donors (Lipinski definition) is 1. The van der Waals surface area contributed by atoms with Crippen molar-refractivity contribution in [2.75, 3.05) is 20.8 Å². The fourth-order valence-corrected chi connectivity index (χ4v) is 4.76. The zero-order chi connectivity index (χ0) is 20.1. The zero-order valence-electron chi connectivity index (χ0n) is 17.3. The van der Waals surface area contributed by atoms with Crippen molar-refractivity contribution in [1.82, 2.24) is 5.32 Å². The van der Waals surface area contributed by atoms with Crippen molar-refractivity contribution >= 4 is 5.71 Å². The van der Waals surface area contributed by atoms with Gasteiger partial charge in [0.25, 0.3) is 0 Å². The molecular formula is C24H30N2O3. The lowest BCUT2D eigenvalue weighted by atomic mass is 9.67. The highest BCUT2D eigenvalue weighted by Crippen LogP contribution is 2.45. The second-order valence-electron chi connectivity index (χ2n) is 8.11. The van der Waals surface area contributed by atoms with E-state index in [2.05, 4.69) is 34.7 Å². The summed E-state index contributed by atoms with van der Waals surface area (Å²) < 4.78 is 10.9. The van der Waals surface area contributed by atoms with Crippen LogP contribution in [0.3, 0.4) is 0 Å². The van der Waals surface area contributed by atoms with Gasteiger partial charge in [-0.2, -0.15) is 0 Å². The number of oxime groups is 1. The van der Waals surface area contributed by atoms with Gasteiger partial charge in [0.1, 0.15) is 6.61 Å². The number of rotatable bonds is 7. The summed E-state index contributed by atoms with van der Waals surface area (Å²) in [5, 5.41) is 8.18. The summed E-state index contributed by atoms with van der Waals surface area (Å²) in [6.07, 6.45) is 5.34. The highest BCUT2D eigenvalue weighted by atomic mass is 16.6. The van der Waals surface area contributed by atoms with Crippen LogP contribution in [-0.2, 0) is 17.9 Å². The van der Waals surface area contributed by atoms with E-state index in [9.17, 15) is 0 Å². The quantitative estimate of drug-likeness (QED) is 0.710. The van der Waals surface area contributed by atoms with E-state index in [0.717, 1.165) is 49.3 Å². The van der Waals surface area contributed by atoms with Crippen LogP contribution in [0.5, 0.6) is 11.5 Å². The Morgan fingerprint density at radius 3 is 2.62 bits per heavy atom. The lowest BCUT2D eigenvalue weighted by Gasteiger charge is -2.39. The molecule has 1 N–H and O–H groups in total. The maximum absolute atomic E-state index is 5.64. The monoisotopic (exact) mass is 394 g/mol. The topological polar surface area (TPSA) is 52.1 Å². The summed E-state index contributed by atoms with van der Waals surface area (Å²) in [5.74, 6) is 1.58. The average molecular weight is 395 g/mol. The average Bonchev–Trinajstić information content (AvgIpc) is 3.17. The Hall–Kier alpha value is -2.53. The largest absolute Gasteiger partial charge is 0.493 e. The molecule has 5 nitrogen and oxygen atoms in total. The highest BCUT2D eigenvalue weighted by Gasteiger charge is 2.45. The van der Waals surface area contributed by atoms with Crippen molar-refractivity contribution < 1.29 is 14.3 Å². The molecule has 1 saturated carbocycles. The predicted molar refractivity (Wildman–Crippen MR) is 115 cm³/mol. The van der Waals surface area contributed by atoms with Gasteiger partial charge >= 0.3 is 0 Å². The van der Waals surface area contributed by atoms with Crippen molar-refractivity contribution in [2.45, 2.75) is 44.8 Å². The Bertz CT molecular complexity index is 852. The fourth-order valence-electron chi connectivity index (χ4n) is 4.76. The molecule has 0 aromatic heterocycles. The molecule has 0 unspecified atom stereocenters. The molecule has 2 aromatic carbocycles. The molecule has 154 valence electrons. The van der Waals surface area contributed by atoms with E-state index in [-0.39, 0.29) is 5.41 Å². The minimum absolute atomic E-state index is 0.276. The molecule has 0 spiro atoms. The van der Waals surface area contributed by atoms with Crippen LogP contribution in [-0.4, -0.2) is 32.5 Å². The van der Waals surface area contributed by atoms with Gasteiger partial charge in [-0.25, -0.2) is 0 Å². The van der Waals surface area contributed by atoms with Gasteiger partial charge in [0, 0.05) is 12.5 Å². The standard InChI is InChI=1S/C24H30N2O3/c1-27-21-9-8-19(14-22(21)28-2)16-24-11-10-20(15-23(24)25-13-12-24)26-29-17-18-6-4-3-5-7-18/h3-9,14,23,25H,10-13,15-17H2,1-2H3/t23-,24+/m0/s1. The molecule has 1 heterocycles. The highest BCUT2D eigenvalue weighted by molar-refractivity contribution is 5.85. The van der Waals surface area contributed by atoms with Crippen molar-refractivity contribution in [3.8, 4) is 11.5 Å². The number of methoxy groups -OCH3 is 2. The Labute approximate surface area is 173 Å². The molecule has 0 radical (unpaired) electrons. The summed E-state index contributed by atoms with van der Waals surface area (Å²) in [6.45, 7) is 1.59. The summed E-state index contributed by atoms with van der Waals surface area (Å²) in [6, 6.07) is 16.9. The first-order chi connectivity index (χ1) is 14.2. The number of ether oxygens (including phenoxy) is 2. The van der Waals surface area contributed by atoms with Gasteiger partial charge in [-0.1, -0.05) is 41.6 Å². The SMILES string of the molecule is COc1ccc(C[C@@]23CCN[C@H]2CC(=NOCc2ccccc2)CC3)cc1OC. The summed E-state index contributed by atoms with van der Waals surface area (Å²) in [4.78, 5) is 5.64. The molecule has 2 fully saturated rings. The normalized spacial score (nSPS) is 24.9. The second-order valence-corrected chi connectivity index (χ2v) is 8.11. The fraction of sp³-hybridized carbons (Fsp3) is 0.458. The zero-order valence-corrected chi connectivity index (χ0v) is 17.3. The van der Waals surface area contributed by atoms with Crippen LogP contribution in [0.25, 0.3) is 0 Å². The van der Waals surface area contributed by atoms with Gasteiger partial charge in [-0.3, -0.25) is 0 Å². The molecular weight excluding hydrogens is 364 g/mol. The van der Waals surface area contributed by atoms with Gasteiger partial charge in [-0.05, 0) is 60.9 Å². The Kier molecular flexibility index (Phi) is 6.05. The minimum atomic E-state index is 0.276. The van der Waals surface area contributed by atoms with E-state index in [4.69, 9.17) is 14.3 Å². The predicted octanol–water partition coefficient (Wildman–Crippen LogP) is 4.35. The molecule has 0 bridgehead atoms. The molecule has 0 amide bonds. The number of hydrogen-bond acceptors (Lipinski definition) is 5. The van der Waals surface area contributed by atoms with Gasteiger partial charge in [0.15, 0.2) is 11.5 Å². The van der Waals surface area contributed by atoms with Crippen molar-refractivity contribution in [2.24, 2.45) is 10.6 Å². The van der Waals surface area contributed by atoms with E-state index in [1.807, 2.05) is 24.3 Å². The van der Waals surface area contributed by atoms with E-state index in [1.165, 1.54) is 17.7 Å². The van der Waals surface area contributed by atoms with E-state index >= 15 is 0 Å². The van der Waals surface area contributed by atoms with E-state index in [0.29, 0.717) is 12.6 Å². The molecule has 2 aromatic rings. The molecule has 4 rings (SSSR count). The number of benzene rings is 2. The first-order valence-electron chi connectivity index (χ1n) is 10.4. The molecule has 2 atom stereocenters. The molecule has 5 heteroatoms. The van der Waals surface area contributed by atoms with E-state index < -0.39 is 0 Å². The number of nitrogens with one attached hydrogen (secondary N) is 1. The lowest BCUT2D eigenvalue weighted by Crippen LogP contribution is -2.44. The van der Waals surface area contributed by atoms with Crippen LogP contribution in [0.2, 0.25) is 0 Å². The minimum Gasteiger partial charge on any atom is -0.493 e. The smallest absolute Gasteiger partial charge is 0.160 e. The molecule has 1 saturated heterocycles. The van der Waals surface area contributed by atoms with Crippen LogP contribution in [0.15, 0.2) is 53.7 Å². The number of nitrogens with zero attached hydrogens (tertiary/aromatic N) is 1. The number of fused-ring (bicyclic) bond motifs is 1. The Morgan fingerprint density at radius 1 is 1.00 bits per heavy atom. The Balaban J connectivity index is 1.41. The van der Waals surface area contributed by atoms with Crippen LogP contribution in [0.1, 0.15) is 36.8 Å². The molecule has 1 aliphatic carbocycles. The van der Waals surface area contributed by atoms with Gasteiger partial charge in [-0.15, -0.1) is 0 Å². The lowest BCUT2D eigenvalue weighted by molar-refractivity contribution is 0.125.